The Balaban J connectivity index is 2.19. The van der Waals surface area contributed by atoms with Gasteiger partial charge in [0.05, 0.1) is 19.3 Å². The van der Waals surface area contributed by atoms with E-state index in [4.69, 9.17) is 6.42 Å². The fourth-order valence-corrected chi connectivity index (χ4v) is 2.87. The number of hydrogen-bond donors (Lipinski definition) is 2. The molecule has 2 rings (SSSR count). The summed E-state index contributed by atoms with van der Waals surface area (Å²) >= 11 is 0. The van der Waals surface area contributed by atoms with Gasteiger partial charge in [0, 0.05) is 6.54 Å². The van der Waals surface area contributed by atoms with E-state index in [0.29, 0.717) is 18.1 Å². The molecular formula is C18H22N4O3. The number of amides is 2. The number of terminal acetylenes is 1. The standard InChI is InChI=1S/C18H22N4O3/c1-5-6-8-13-11-19-16(20-13)14-9-7-10-22(14)17(23)15(12(2)3)21-18(24)25-4/h1,11-12,14-15H,7,9-10H2,2-4H3,(H,19,20)(H,21,24)/t14-,15-/m0/s1. The van der Waals surface area contributed by atoms with Gasteiger partial charge in [-0.15, -0.1) is 6.42 Å². The minimum Gasteiger partial charge on any atom is -0.453 e. The SMILES string of the molecule is C#CC#Cc1cnc([C@@H]2CCCN2C(=O)[C@@H](NC(=O)OC)C(C)C)[nH]1. The van der Waals surface area contributed by atoms with E-state index in [9.17, 15) is 9.59 Å². The summed E-state index contributed by atoms with van der Waals surface area (Å²) in [6.45, 7) is 4.37. The normalized spacial score (nSPS) is 17.4. The van der Waals surface area contributed by atoms with Crippen LogP contribution in [0.1, 0.15) is 44.2 Å². The lowest BCUT2D eigenvalue weighted by Crippen LogP contribution is -2.51. The Morgan fingerprint density at radius 3 is 2.92 bits per heavy atom. The summed E-state index contributed by atoms with van der Waals surface area (Å²) in [5.41, 5.74) is 0.611. The average molecular weight is 342 g/mol. The summed E-state index contributed by atoms with van der Waals surface area (Å²) in [5, 5.41) is 2.62. The monoisotopic (exact) mass is 342 g/mol. The van der Waals surface area contributed by atoms with Crippen molar-refractivity contribution in [2.45, 2.75) is 38.8 Å². The maximum absolute atomic E-state index is 13.0. The van der Waals surface area contributed by atoms with E-state index in [0.717, 1.165) is 12.8 Å². The number of nitrogens with one attached hydrogen (secondary N) is 2. The second-order valence-corrected chi connectivity index (χ2v) is 6.12. The van der Waals surface area contributed by atoms with Crippen molar-refractivity contribution in [2.24, 2.45) is 5.92 Å². The average Bonchev–Trinajstić information content (AvgIpc) is 3.25. The van der Waals surface area contributed by atoms with Crippen molar-refractivity contribution >= 4 is 12.0 Å². The summed E-state index contributed by atoms with van der Waals surface area (Å²) < 4.78 is 4.63. The highest BCUT2D eigenvalue weighted by atomic mass is 16.5. The highest BCUT2D eigenvalue weighted by molar-refractivity contribution is 5.86. The van der Waals surface area contributed by atoms with Gasteiger partial charge in [-0.05, 0) is 36.5 Å². The Morgan fingerprint density at radius 1 is 1.52 bits per heavy atom. The highest BCUT2D eigenvalue weighted by Gasteiger charge is 2.37. The molecule has 0 aliphatic carbocycles. The number of rotatable bonds is 4. The molecule has 0 unspecified atom stereocenters. The Hall–Kier alpha value is -2.93. The molecule has 1 aliphatic rings. The zero-order chi connectivity index (χ0) is 18.4. The van der Waals surface area contributed by atoms with Gasteiger partial charge in [-0.2, -0.15) is 0 Å². The van der Waals surface area contributed by atoms with Gasteiger partial charge in [0.1, 0.15) is 17.6 Å². The van der Waals surface area contributed by atoms with E-state index >= 15 is 0 Å². The predicted molar refractivity (Wildman–Crippen MR) is 92.2 cm³/mol. The first-order chi connectivity index (χ1) is 12.0. The molecular weight excluding hydrogens is 320 g/mol. The van der Waals surface area contributed by atoms with Crippen LogP contribution in [0.2, 0.25) is 0 Å². The second-order valence-electron chi connectivity index (χ2n) is 6.12. The minimum absolute atomic E-state index is 0.0680. The van der Waals surface area contributed by atoms with Gasteiger partial charge < -0.3 is 19.9 Å². The topological polar surface area (TPSA) is 87.3 Å². The third-order valence-electron chi connectivity index (χ3n) is 4.11. The fraction of sp³-hybridized carbons (Fsp3) is 0.500. The van der Waals surface area contributed by atoms with Crippen LogP contribution in [0.25, 0.3) is 0 Å². The van der Waals surface area contributed by atoms with Crippen LogP contribution in [0.4, 0.5) is 4.79 Å². The van der Waals surface area contributed by atoms with Gasteiger partial charge in [0.2, 0.25) is 5.91 Å². The zero-order valence-corrected chi connectivity index (χ0v) is 14.6. The zero-order valence-electron chi connectivity index (χ0n) is 14.6. The first kappa shape index (κ1) is 18.4. The van der Waals surface area contributed by atoms with Crippen LogP contribution in [0, 0.1) is 30.1 Å². The van der Waals surface area contributed by atoms with E-state index in [1.54, 1.807) is 11.1 Å². The van der Waals surface area contributed by atoms with Gasteiger partial charge >= 0.3 is 6.09 Å². The Kier molecular flexibility index (Phi) is 6.08. The predicted octanol–water partition coefficient (Wildman–Crippen LogP) is 1.44. The van der Waals surface area contributed by atoms with Crippen molar-refractivity contribution in [3.63, 3.8) is 0 Å². The van der Waals surface area contributed by atoms with E-state index < -0.39 is 12.1 Å². The molecule has 25 heavy (non-hydrogen) atoms. The van der Waals surface area contributed by atoms with E-state index in [-0.39, 0.29) is 17.9 Å². The van der Waals surface area contributed by atoms with Crippen LogP contribution in [-0.4, -0.2) is 46.6 Å². The van der Waals surface area contributed by atoms with Crippen LogP contribution in [-0.2, 0) is 9.53 Å². The number of alkyl carbamates (subject to hydrolysis) is 1. The number of imidazole rings is 1. The van der Waals surface area contributed by atoms with Crippen molar-refractivity contribution in [1.82, 2.24) is 20.2 Å². The van der Waals surface area contributed by atoms with Crippen molar-refractivity contribution in [1.29, 1.82) is 0 Å². The van der Waals surface area contributed by atoms with Gasteiger partial charge in [-0.3, -0.25) is 4.79 Å². The largest absolute Gasteiger partial charge is 0.453 e. The Morgan fingerprint density at radius 2 is 2.28 bits per heavy atom. The maximum atomic E-state index is 13.0. The molecule has 2 heterocycles. The number of carbonyl (C=O) groups excluding carboxylic acids is 2. The first-order valence-electron chi connectivity index (χ1n) is 8.14. The Labute approximate surface area is 147 Å². The lowest BCUT2D eigenvalue weighted by molar-refractivity contribution is -0.135. The molecule has 0 bridgehead atoms. The maximum Gasteiger partial charge on any atom is 0.407 e. The van der Waals surface area contributed by atoms with Crippen LogP contribution in [0.15, 0.2) is 6.20 Å². The van der Waals surface area contributed by atoms with Crippen molar-refractivity contribution in [3.8, 4) is 24.2 Å². The van der Waals surface area contributed by atoms with Crippen LogP contribution in [0.3, 0.4) is 0 Å². The molecule has 7 nitrogen and oxygen atoms in total. The molecule has 2 atom stereocenters. The summed E-state index contributed by atoms with van der Waals surface area (Å²) in [7, 11) is 1.28. The second kappa shape index (κ2) is 8.25. The fourth-order valence-electron chi connectivity index (χ4n) is 2.87. The molecule has 7 heteroatoms. The Bertz CT molecular complexity index is 735. The molecule has 1 saturated heterocycles. The number of aromatic nitrogens is 2. The van der Waals surface area contributed by atoms with E-state index in [1.165, 1.54) is 7.11 Å². The molecule has 0 aromatic carbocycles. The number of likely N-dealkylation sites (tertiary alicyclic amines) is 1. The number of aromatic amines is 1. The van der Waals surface area contributed by atoms with Crippen molar-refractivity contribution in [2.75, 3.05) is 13.7 Å². The first-order valence-corrected chi connectivity index (χ1v) is 8.14. The summed E-state index contributed by atoms with van der Waals surface area (Å²) in [6, 6.07) is -0.821. The van der Waals surface area contributed by atoms with Gasteiger partial charge in [0.15, 0.2) is 0 Å². The molecule has 0 spiro atoms. The minimum atomic E-state index is -0.649. The van der Waals surface area contributed by atoms with E-state index in [2.05, 4.69) is 37.8 Å². The van der Waals surface area contributed by atoms with Crippen LogP contribution in [0.5, 0.6) is 0 Å². The van der Waals surface area contributed by atoms with Crippen molar-refractivity contribution in [3.05, 3.63) is 17.7 Å². The lowest BCUT2D eigenvalue weighted by Gasteiger charge is -2.29. The number of ether oxygens (including phenoxy) is 1. The summed E-state index contributed by atoms with van der Waals surface area (Å²) in [4.78, 5) is 33.7. The van der Waals surface area contributed by atoms with Gasteiger partial charge in [-0.25, -0.2) is 9.78 Å². The number of carbonyl (C=O) groups is 2. The third kappa shape index (κ3) is 4.33. The molecule has 0 radical (unpaired) electrons. The van der Waals surface area contributed by atoms with Crippen LogP contribution >= 0.6 is 0 Å². The summed E-state index contributed by atoms with van der Waals surface area (Å²) in [6.07, 6.45) is 7.77. The molecule has 0 saturated carbocycles. The van der Waals surface area contributed by atoms with Crippen molar-refractivity contribution < 1.29 is 14.3 Å². The molecule has 2 N–H and O–H groups in total. The van der Waals surface area contributed by atoms with Crippen LogP contribution < -0.4 is 5.32 Å². The highest BCUT2D eigenvalue weighted by Crippen LogP contribution is 2.31. The molecule has 1 aliphatic heterocycles. The third-order valence-corrected chi connectivity index (χ3v) is 4.11. The molecule has 1 fully saturated rings. The lowest BCUT2D eigenvalue weighted by atomic mass is 10.0. The number of methoxy groups -OCH3 is 1. The van der Waals surface area contributed by atoms with Gasteiger partial charge in [-0.1, -0.05) is 13.8 Å². The quantitative estimate of drug-likeness (QED) is 0.811. The smallest absolute Gasteiger partial charge is 0.407 e. The number of nitrogens with zero attached hydrogens (tertiary/aromatic N) is 2. The van der Waals surface area contributed by atoms with E-state index in [1.807, 2.05) is 13.8 Å². The molecule has 1 aromatic heterocycles. The van der Waals surface area contributed by atoms with Gasteiger partial charge in [0.25, 0.3) is 0 Å². The number of hydrogen-bond acceptors (Lipinski definition) is 4. The molecule has 132 valence electrons. The molecule has 2 amide bonds. The molecule has 1 aromatic rings. The summed E-state index contributed by atoms with van der Waals surface area (Å²) in [5.74, 6) is 8.01. The number of H-pyrrole nitrogens is 1.